The molecule has 8 rings (SSSR count). The van der Waals surface area contributed by atoms with Crippen molar-refractivity contribution in [1.29, 1.82) is 0 Å². The van der Waals surface area contributed by atoms with Crippen LogP contribution in [0.2, 0.25) is 5.02 Å². The number of pyridine rings is 1. The molecule has 2 bridgehead atoms. The molecule has 218 valence electrons. The van der Waals surface area contributed by atoms with Gasteiger partial charge in [0.25, 0.3) is 0 Å². The molecule has 1 N–H and O–H groups in total. The summed E-state index contributed by atoms with van der Waals surface area (Å²) < 4.78 is 13.3. The van der Waals surface area contributed by atoms with Crippen LogP contribution in [0.15, 0.2) is 61.3 Å². The van der Waals surface area contributed by atoms with E-state index in [2.05, 4.69) is 30.3 Å². The van der Waals surface area contributed by atoms with Crippen LogP contribution in [0.1, 0.15) is 16.9 Å². The maximum Gasteiger partial charge on any atom is 0.246 e. The highest BCUT2D eigenvalue weighted by atomic mass is 35.5. The topological polar surface area (TPSA) is 110 Å². The number of anilines is 2. The minimum absolute atomic E-state index is 0.0475. The van der Waals surface area contributed by atoms with Crippen LogP contribution in [-0.4, -0.2) is 78.7 Å². The zero-order valence-electron chi connectivity index (χ0n) is 23.0. The average Bonchev–Trinajstić information content (AvgIpc) is 3.82. The monoisotopic (exact) mass is 614 g/mol. The number of likely N-dealkylation sites (tertiary alicyclic amines) is 1. The predicted octanol–water partition coefficient (Wildman–Crippen LogP) is 4.84. The summed E-state index contributed by atoms with van der Waals surface area (Å²) in [4.78, 5) is 32.6. The Balaban J connectivity index is 0.960. The SMILES string of the molecule is O=C(/C=C/CN1CC2CC1CO2)N1CCc2c(sc3ncnc(Nc4ccc(Oc5ccc6ncnn6c5)c(Cl)c4)c23)C1. The van der Waals surface area contributed by atoms with Gasteiger partial charge in [0.1, 0.15) is 34.8 Å². The second-order valence-electron chi connectivity index (χ2n) is 10.9. The maximum absolute atomic E-state index is 13.0. The van der Waals surface area contributed by atoms with Crippen molar-refractivity contribution in [3.8, 4) is 11.5 Å². The minimum atomic E-state index is 0.0475. The van der Waals surface area contributed by atoms with Crippen molar-refractivity contribution in [2.45, 2.75) is 31.5 Å². The molecule has 5 aromatic rings. The standard InChI is InChI=1S/C30H27ClN8O3S/c31-23-10-18(3-5-24(23)42-20-4-6-26-32-17-35-39(26)13-20)36-29-28-22-7-9-38(14-25(22)43-30(28)34-16-33-29)27(40)2-1-8-37-12-21-11-19(37)15-41-21/h1-6,10,13,16-17,19,21H,7-9,11-12,14-15H2,(H,33,34,36)/b2-1+. The fourth-order valence-corrected chi connectivity index (χ4v) is 7.51. The van der Waals surface area contributed by atoms with Gasteiger partial charge in [-0.15, -0.1) is 11.3 Å². The van der Waals surface area contributed by atoms with Crippen LogP contribution in [0.4, 0.5) is 11.5 Å². The number of hydrogen-bond donors (Lipinski definition) is 1. The number of fused-ring (bicyclic) bond motifs is 6. The highest BCUT2D eigenvalue weighted by Gasteiger charge is 2.38. The lowest BCUT2D eigenvalue weighted by Gasteiger charge is -2.27. The van der Waals surface area contributed by atoms with Crippen LogP contribution in [0.5, 0.6) is 11.5 Å². The van der Waals surface area contributed by atoms with Gasteiger partial charge in [-0.1, -0.05) is 17.7 Å². The van der Waals surface area contributed by atoms with Gasteiger partial charge in [0.05, 0.1) is 35.9 Å². The number of ether oxygens (including phenoxy) is 2. The molecule has 2 atom stereocenters. The molecule has 1 amide bonds. The van der Waals surface area contributed by atoms with Crippen molar-refractivity contribution in [3.63, 3.8) is 0 Å². The van der Waals surface area contributed by atoms with Crippen LogP contribution >= 0.6 is 22.9 Å². The normalized spacial score (nSPS) is 20.0. The summed E-state index contributed by atoms with van der Waals surface area (Å²) in [7, 11) is 0. The number of nitrogens with one attached hydrogen (secondary N) is 1. The zero-order valence-corrected chi connectivity index (χ0v) is 24.6. The van der Waals surface area contributed by atoms with Crippen molar-refractivity contribution in [2.75, 3.05) is 31.6 Å². The Morgan fingerprint density at radius 2 is 2.16 bits per heavy atom. The van der Waals surface area contributed by atoms with Crippen molar-refractivity contribution in [2.24, 2.45) is 0 Å². The molecule has 0 aliphatic carbocycles. The summed E-state index contributed by atoms with van der Waals surface area (Å²) in [6.45, 7) is 3.78. The van der Waals surface area contributed by atoms with Crippen LogP contribution in [0.25, 0.3) is 15.9 Å². The van der Waals surface area contributed by atoms with E-state index in [1.54, 1.807) is 34.5 Å². The lowest BCUT2D eigenvalue weighted by Crippen LogP contribution is -2.37. The molecule has 0 radical (unpaired) electrons. The zero-order chi connectivity index (χ0) is 28.9. The lowest BCUT2D eigenvalue weighted by atomic mass is 10.0. The molecule has 43 heavy (non-hydrogen) atoms. The largest absolute Gasteiger partial charge is 0.454 e. The molecule has 3 aliphatic heterocycles. The van der Waals surface area contributed by atoms with Gasteiger partial charge in [-0.25, -0.2) is 19.5 Å². The molecule has 0 spiro atoms. The van der Waals surface area contributed by atoms with E-state index in [1.807, 2.05) is 41.3 Å². The Morgan fingerprint density at radius 3 is 3.02 bits per heavy atom. The minimum Gasteiger partial charge on any atom is -0.454 e. The summed E-state index contributed by atoms with van der Waals surface area (Å²) in [5.74, 6) is 1.88. The molecule has 7 heterocycles. The Morgan fingerprint density at radius 1 is 1.21 bits per heavy atom. The molecular weight excluding hydrogens is 588 g/mol. The van der Waals surface area contributed by atoms with Gasteiger partial charge in [0.15, 0.2) is 5.65 Å². The van der Waals surface area contributed by atoms with E-state index in [1.165, 1.54) is 11.9 Å². The molecule has 2 fully saturated rings. The first-order chi connectivity index (χ1) is 21.1. The first-order valence-electron chi connectivity index (χ1n) is 14.2. The number of aromatic nitrogens is 5. The van der Waals surface area contributed by atoms with Crippen LogP contribution in [0, 0.1) is 0 Å². The third kappa shape index (κ3) is 5.10. The van der Waals surface area contributed by atoms with Crippen molar-refractivity contribution in [3.05, 3.63) is 76.8 Å². The number of benzene rings is 1. The Labute approximate surface area is 255 Å². The predicted molar refractivity (Wildman–Crippen MR) is 163 cm³/mol. The van der Waals surface area contributed by atoms with E-state index in [-0.39, 0.29) is 5.91 Å². The lowest BCUT2D eigenvalue weighted by molar-refractivity contribution is -0.126. The first kappa shape index (κ1) is 26.5. The summed E-state index contributed by atoms with van der Waals surface area (Å²) in [6, 6.07) is 9.67. The van der Waals surface area contributed by atoms with Crippen LogP contribution < -0.4 is 10.1 Å². The van der Waals surface area contributed by atoms with Gasteiger partial charge in [-0.3, -0.25) is 9.69 Å². The fraction of sp³-hybridized carbons (Fsp3) is 0.300. The van der Waals surface area contributed by atoms with Gasteiger partial charge in [0, 0.05) is 42.3 Å². The van der Waals surface area contributed by atoms with Crippen molar-refractivity contribution < 1.29 is 14.3 Å². The molecule has 11 nitrogen and oxygen atoms in total. The number of carbonyl (C=O) groups is 1. The van der Waals surface area contributed by atoms with Gasteiger partial charge >= 0.3 is 0 Å². The highest BCUT2D eigenvalue weighted by molar-refractivity contribution is 7.19. The Hall–Kier alpha value is -4.10. The van der Waals surface area contributed by atoms with E-state index >= 15 is 0 Å². The third-order valence-electron chi connectivity index (χ3n) is 8.23. The van der Waals surface area contributed by atoms with E-state index < -0.39 is 0 Å². The van der Waals surface area contributed by atoms with E-state index in [4.69, 9.17) is 21.1 Å². The number of amides is 1. The van der Waals surface area contributed by atoms with Crippen molar-refractivity contribution in [1.82, 2.24) is 34.4 Å². The number of halogens is 1. The Bertz CT molecular complexity index is 1890. The maximum atomic E-state index is 13.0. The molecule has 4 aromatic heterocycles. The molecule has 13 heteroatoms. The smallest absolute Gasteiger partial charge is 0.246 e. The van der Waals surface area contributed by atoms with Gasteiger partial charge in [-0.05, 0) is 48.7 Å². The van der Waals surface area contributed by atoms with Crippen LogP contribution in [-0.2, 0) is 22.5 Å². The van der Waals surface area contributed by atoms with Gasteiger partial charge < -0.3 is 19.7 Å². The van der Waals surface area contributed by atoms with Crippen molar-refractivity contribution >= 4 is 56.2 Å². The Kier molecular flexibility index (Phi) is 6.70. The number of nitrogens with zero attached hydrogens (tertiary/aromatic N) is 7. The van der Waals surface area contributed by atoms with E-state index in [0.717, 1.165) is 59.0 Å². The number of morpholine rings is 1. The molecule has 1 aromatic carbocycles. The molecule has 2 unspecified atom stereocenters. The van der Waals surface area contributed by atoms with Crippen LogP contribution in [0.3, 0.4) is 0 Å². The summed E-state index contributed by atoms with van der Waals surface area (Å²) in [6.07, 6.45) is 10.7. The highest BCUT2D eigenvalue weighted by Crippen LogP contribution is 2.39. The molecule has 2 saturated heterocycles. The van der Waals surface area contributed by atoms with Gasteiger partial charge in [-0.2, -0.15) is 5.10 Å². The summed E-state index contributed by atoms with van der Waals surface area (Å²) >= 11 is 8.23. The quantitative estimate of drug-likeness (QED) is 0.258. The number of rotatable bonds is 7. The molecular formula is C30H27ClN8O3S. The van der Waals surface area contributed by atoms with E-state index in [9.17, 15) is 4.79 Å². The van der Waals surface area contributed by atoms with Gasteiger partial charge in [0.2, 0.25) is 5.91 Å². The summed E-state index contributed by atoms with van der Waals surface area (Å²) in [5, 5.41) is 9.01. The number of carbonyl (C=O) groups excluding carboxylic acids is 1. The second kappa shape index (κ2) is 10.9. The first-order valence-corrected chi connectivity index (χ1v) is 15.4. The molecule has 0 saturated carbocycles. The summed E-state index contributed by atoms with van der Waals surface area (Å²) in [5.41, 5.74) is 2.70. The second-order valence-corrected chi connectivity index (χ2v) is 12.4. The average molecular weight is 615 g/mol. The number of thiophene rings is 1. The number of hydrogen-bond acceptors (Lipinski definition) is 10. The third-order valence-corrected chi connectivity index (χ3v) is 9.65. The van der Waals surface area contributed by atoms with E-state index in [0.29, 0.717) is 47.6 Å². The molecule has 3 aliphatic rings. The fourth-order valence-electron chi connectivity index (χ4n) is 6.09.